The molecule has 0 aromatic carbocycles. The first-order valence-corrected chi connectivity index (χ1v) is 6.58. The molecule has 0 saturated carbocycles. The lowest BCUT2D eigenvalue weighted by Gasteiger charge is -2.40. The van der Waals surface area contributed by atoms with Gasteiger partial charge in [-0.25, -0.2) is 0 Å². The summed E-state index contributed by atoms with van der Waals surface area (Å²) in [5, 5.41) is 11.0. The second-order valence-corrected chi connectivity index (χ2v) is 5.21. The lowest BCUT2D eigenvalue weighted by Crippen LogP contribution is -2.50. The van der Waals surface area contributed by atoms with Crippen LogP contribution in [0, 0.1) is 10.1 Å². The third kappa shape index (κ3) is 2.38. The Labute approximate surface area is 107 Å². The van der Waals surface area contributed by atoms with Crippen molar-refractivity contribution in [2.45, 2.75) is 32.7 Å². The Morgan fingerprint density at radius 3 is 2.67 bits per heavy atom. The Balaban J connectivity index is 2.26. The molecule has 1 aromatic rings. The molecule has 0 spiro atoms. The van der Waals surface area contributed by atoms with Gasteiger partial charge in [-0.15, -0.1) is 0 Å². The van der Waals surface area contributed by atoms with E-state index in [4.69, 9.17) is 0 Å². The van der Waals surface area contributed by atoms with Crippen molar-refractivity contribution in [1.29, 1.82) is 0 Å². The van der Waals surface area contributed by atoms with Gasteiger partial charge in [0, 0.05) is 7.05 Å². The molecule has 1 aliphatic heterocycles. The molecule has 6 nitrogen and oxygen atoms in total. The number of nitrogens with zero attached hydrogens (tertiary/aromatic N) is 4. The van der Waals surface area contributed by atoms with E-state index in [1.165, 1.54) is 19.3 Å². The van der Waals surface area contributed by atoms with E-state index in [1.807, 2.05) is 7.05 Å². The number of quaternary nitrogens is 1. The molecule has 0 aliphatic carbocycles. The monoisotopic (exact) mass is 253 g/mol. The molecule has 1 aliphatic rings. The van der Waals surface area contributed by atoms with E-state index < -0.39 is 0 Å². The van der Waals surface area contributed by atoms with Crippen LogP contribution in [-0.4, -0.2) is 38.6 Å². The summed E-state index contributed by atoms with van der Waals surface area (Å²) >= 11 is 0. The maximum atomic E-state index is 11.0. The average molecular weight is 253 g/mol. The third-order valence-corrected chi connectivity index (χ3v) is 4.13. The highest BCUT2D eigenvalue weighted by atomic mass is 16.6. The fourth-order valence-corrected chi connectivity index (χ4v) is 2.86. The zero-order chi connectivity index (χ0) is 13.2. The van der Waals surface area contributed by atoms with Crippen LogP contribution in [0.1, 0.15) is 31.9 Å². The largest absolute Gasteiger partial charge is 0.390 e. The smallest absolute Gasteiger partial charge is 0.358 e. The second kappa shape index (κ2) is 5.06. The maximum Gasteiger partial charge on any atom is 0.390 e. The van der Waals surface area contributed by atoms with Crippen molar-refractivity contribution in [3.05, 3.63) is 22.1 Å². The molecule has 0 N–H and O–H groups in total. The van der Waals surface area contributed by atoms with E-state index in [1.54, 1.807) is 10.9 Å². The number of aromatic nitrogens is 2. The Kier molecular flexibility index (Phi) is 3.65. The lowest BCUT2D eigenvalue weighted by molar-refractivity contribution is -0.943. The van der Waals surface area contributed by atoms with Crippen LogP contribution >= 0.6 is 0 Å². The molecule has 100 valence electrons. The van der Waals surface area contributed by atoms with Gasteiger partial charge in [-0.2, -0.15) is 0 Å². The minimum atomic E-state index is -0.370. The normalized spacial score (nSPS) is 18.8. The van der Waals surface area contributed by atoms with E-state index in [9.17, 15) is 10.1 Å². The summed E-state index contributed by atoms with van der Waals surface area (Å²) in [5.41, 5.74) is 0.753. The van der Waals surface area contributed by atoms with Gasteiger partial charge < -0.3 is 19.2 Å². The Morgan fingerprint density at radius 2 is 2.11 bits per heavy atom. The number of nitro groups is 1. The quantitative estimate of drug-likeness (QED) is 0.467. The summed E-state index contributed by atoms with van der Waals surface area (Å²) in [5.74, 6) is 0.0222. The molecule has 1 aromatic heterocycles. The predicted molar refractivity (Wildman–Crippen MR) is 68.0 cm³/mol. The fraction of sp³-hybridized carbons (Fsp3) is 0.750. The Morgan fingerprint density at radius 1 is 1.44 bits per heavy atom. The van der Waals surface area contributed by atoms with Crippen LogP contribution in [0.2, 0.25) is 0 Å². The van der Waals surface area contributed by atoms with Crippen molar-refractivity contribution in [2.75, 3.05) is 19.6 Å². The number of hydrogen-bond donors (Lipinski definition) is 0. The van der Waals surface area contributed by atoms with Gasteiger partial charge in [0.25, 0.3) is 0 Å². The Hall–Kier alpha value is -1.43. The number of rotatable bonds is 4. The van der Waals surface area contributed by atoms with Crippen LogP contribution in [0.3, 0.4) is 0 Å². The van der Waals surface area contributed by atoms with Gasteiger partial charge in [0.05, 0.1) is 19.6 Å². The highest BCUT2D eigenvalue weighted by Crippen LogP contribution is 2.26. The predicted octanol–water partition coefficient (Wildman–Crippen LogP) is 1.85. The molecule has 0 atom stereocenters. The highest BCUT2D eigenvalue weighted by Gasteiger charge is 2.33. The zero-order valence-corrected chi connectivity index (χ0v) is 11.1. The first-order chi connectivity index (χ1) is 8.58. The molecule has 1 fully saturated rings. The van der Waals surface area contributed by atoms with Gasteiger partial charge in [-0.1, -0.05) is 0 Å². The minimum Gasteiger partial charge on any atom is -0.358 e. The van der Waals surface area contributed by atoms with E-state index in [0.29, 0.717) is 0 Å². The minimum absolute atomic E-state index is 0.0222. The van der Waals surface area contributed by atoms with Crippen LogP contribution in [0.4, 0.5) is 5.82 Å². The Bertz CT molecular complexity index is 435. The number of piperidine rings is 1. The highest BCUT2D eigenvalue weighted by molar-refractivity contribution is 5.26. The number of likely N-dealkylation sites (tertiary alicyclic amines) is 1. The standard InChI is InChI=1S/C12H21N4O2/c1-3-16(7-5-4-6-8-16)9-11-12(15(17)18)13-10-14(11)2/h10H,3-9H2,1-2H3/q+1. The summed E-state index contributed by atoms with van der Waals surface area (Å²) in [6.45, 7) is 6.18. The van der Waals surface area contributed by atoms with Gasteiger partial charge in [-0.3, -0.25) is 0 Å². The van der Waals surface area contributed by atoms with E-state index in [-0.39, 0.29) is 10.7 Å². The lowest BCUT2D eigenvalue weighted by atomic mass is 10.1. The van der Waals surface area contributed by atoms with Crippen molar-refractivity contribution in [1.82, 2.24) is 9.55 Å². The molecule has 2 rings (SSSR count). The summed E-state index contributed by atoms with van der Waals surface area (Å²) in [6, 6.07) is 0. The zero-order valence-electron chi connectivity index (χ0n) is 11.1. The van der Waals surface area contributed by atoms with E-state index in [2.05, 4.69) is 11.9 Å². The third-order valence-electron chi connectivity index (χ3n) is 4.13. The number of aryl methyl sites for hydroxylation is 1. The molecule has 0 bridgehead atoms. The second-order valence-electron chi connectivity index (χ2n) is 5.21. The number of hydrogen-bond acceptors (Lipinski definition) is 3. The molecule has 6 heteroatoms. The van der Waals surface area contributed by atoms with Gasteiger partial charge >= 0.3 is 5.82 Å². The molecule has 18 heavy (non-hydrogen) atoms. The molecule has 2 heterocycles. The van der Waals surface area contributed by atoms with E-state index in [0.717, 1.165) is 36.4 Å². The van der Waals surface area contributed by atoms with Gasteiger partial charge in [0.1, 0.15) is 6.54 Å². The van der Waals surface area contributed by atoms with Crippen LogP contribution in [0.15, 0.2) is 6.33 Å². The topological polar surface area (TPSA) is 61.0 Å². The van der Waals surface area contributed by atoms with E-state index >= 15 is 0 Å². The molecule has 0 radical (unpaired) electrons. The molecule has 1 saturated heterocycles. The summed E-state index contributed by atoms with van der Waals surface area (Å²) < 4.78 is 2.75. The van der Waals surface area contributed by atoms with Gasteiger partial charge in [0.2, 0.25) is 6.33 Å². The van der Waals surface area contributed by atoms with Crippen LogP contribution < -0.4 is 0 Å². The van der Waals surface area contributed by atoms with Crippen LogP contribution in [0.25, 0.3) is 0 Å². The SMILES string of the molecule is CC[N+]1(Cc2c([N+](=O)[O-])ncn2C)CCCCC1. The summed E-state index contributed by atoms with van der Waals surface area (Å²) in [6.07, 6.45) is 5.27. The van der Waals surface area contributed by atoms with Crippen LogP contribution in [-0.2, 0) is 13.6 Å². The summed E-state index contributed by atoms with van der Waals surface area (Å²) in [7, 11) is 1.84. The maximum absolute atomic E-state index is 11.0. The molecular formula is C12H21N4O2+. The number of imidazole rings is 1. The molecule has 0 amide bonds. The van der Waals surface area contributed by atoms with Gasteiger partial charge in [0.15, 0.2) is 5.69 Å². The van der Waals surface area contributed by atoms with Crippen LogP contribution in [0.5, 0.6) is 0 Å². The van der Waals surface area contributed by atoms with Crippen molar-refractivity contribution in [3.63, 3.8) is 0 Å². The first-order valence-electron chi connectivity index (χ1n) is 6.58. The molecule has 0 unspecified atom stereocenters. The summed E-state index contributed by atoms with van der Waals surface area (Å²) in [4.78, 5) is 14.5. The van der Waals surface area contributed by atoms with Crippen molar-refractivity contribution < 1.29 is 9.41 Å². The molecular weight excluding hydrogens is 232 g/mol. The van der Waals surface area contributed by atoms with Crippen molar-refractivity contribution in [2.24, 2.45) is 7.05 Å². The van der Waals surface area contributed by atoms with Crippen molar-refractivity contribution in [3.8, 4) is 0 Å². The fourth-order valence-electron chi connectivity index (χ4n) is 2.86. The first kappa shape index (κ1) is 13.0. The van der Waals surface area contributed by atoms with Crippen molar-refractivity contribution >= 4 is 5.82 Å². The van der Waals surface area contributed by atoms with Gasteiger partial charge in [-0.05, 0) is 36.1 Å². The average Bonchev–Trinajstić information content (AvgIpc) is 2.72.